The fourth-order valence-corrected chi connectivity index (χ4v) is 1.39. The van der Waals surface area contributed by atoms with Crippen LogP contribution in [0.5, 0.6) is 0 Å². The van der Waals surface area contributed by atoms with Crippen molar-refractivity contribution in [1.82, 2.24) is 9.78 Å². The Morgan fingerprint density at radius 2 is 2.08 bits per heavy atom. The first-order valence-electron chi connectivity index (χ1n) is 4.04. The first-order valence-corrected chi connectivity index (χ1v) is 4.04. The monoisotopic (exact) mass is 169 g/mol. The molecule has 1 heterocycles. The van der Waals surface area contributed by atoms with Gasteiger partial charge in [0, 0.05) is 20.6 Å². The molecule has 12 heavy (non-hydrogen) atoms. The smallest absolute Gasteiger partial charge is 0.287 e. The third kappa shape index (κ3) is 1.24. The van der Waals surface area contributed by atoms with Gasteiger partial charge in [-0.1, -0.05) is 0 Å². The molecule has 0 unspecified atom stereocenters. The van der Waals surface area contributed by atoms with Crippen LogP contribution in [-0.4, -0.2) is 23.9 Å². The maximum atomic E-state index is 11.3. The van der Waals surface area contributed by atoms with Crippen molar-refractivity contribution in [2.24, 2.45) is 0 Å². The number of H-pyrrole nitrogens is 1. The SMILES string of the molecule is CCn1[nH]c(=O)c(N(C)C)c1C. The number of nitrogens with one attached hydrogen (secondary N) is 1. The van der Waals surface area contributed by atoms with Crippen LogP contribution in [0.15, 0.2) is 4.79 Å². The number of rotatable bonds is 2. The van der Waals surface area contributed by atoms with Gasteiger partial charge in [0.2, 0.25) is 0 Å². The van der Waals surface area contributed by atoms with Crippen molar-refractivity contribution in [2.45, 2.75) is 20.4 Å². The van der Waals surface area contributed by atoms with E-state index in [1.54, 1.807) is 0 Å². The van der Waals surface area contributed by atoms with Crippen molar-refractivity contribution in [3.63, 3.8) is 0 Å². The predicted octanol–water partition coefficient (Wildman–Crippen LogP) is 0.571. The van der Waals surface area contributed by atoms with Crippen LogP contribution in [0.25, 0.3) is 0 Å². The van der Waals surface area contributed by atoms with E-state index < -0.39 is 0 Å². The molecule has 0 aliphatic rings. The van der Waals surface area contributed by atoms with Crippen molar-refractivity contribution in [3.8, 4) is 0 Å². The van der Waals surface area contributed by atoms with E-state index in [-0.39, 0.29) is 5.56 Å². The number of anilines is 1. The van der Waals surface area contributed by atoms with E-state index in [0.29, 0.717) is 0 Å². The normalized spacial score (nSPS) is 10.3. The Morgan fingerprint density at radius 1 is 1.50 bits per heavy atom. The maximum Gasteiger partial charge on any atom is 0.287 e. The van der Waals surface area contributed by atoms with Crippen LogP contribution in [-0.2, 0) is 6.54 Å². The fraction of sp³-hybridized carbons (Fsp3) is 0.625. The summed E-state index contributed by atoms with van der Waals surface area (Å²) in [7, 11) is 3.75. The Hall–Kier alpha value is -1.19. The summed E-state index contributed by atoms with van der Waals surface area (Å²) >= 11 is 0. The summed E-state index contributed by atoms with van der Waals surface area (Å²) in [5.74, 6) is 0. The highest BCUT2D eigenvalue weighted by molar-refractivity contribution is 5.47. The molecule has 0 spiro atoms. The molecule has 0 bridgehead atoms. The Morgan fingerprint density at radius 3 is 2.33 bits per heavy atom. The molecule has 0 aliphatic heterocycles. The summed E-state index contributed by atoms with van der Waals surface area (Å²) in [6.07, 6.45) is 0. The molecule has 0 amide bonds. The molecule has 0 atom stereocenters. The van der Waals surface area contributed by atoms with Crippen LogP contribution >= 0.6 is 0 Å². The van der Waals surface area contributed by atoms with Gasteiger partial charge < -0.3 is 4.90 Å². The Kier molecular flexibility index (Phi) is 2.26. The lowest BCUT2D eigenvalue weighted by Gasteiger charge is -2.09. The highest BCUT2D eigenvalue weighted by atomic mass is 16.1. The minimum Gasteiger partial charge on any atom is -0.372 e. The second-order valence-electron chi connectivity index (χ2n) is 3.01. The van der Waals surface area contributed by atoms with Gasteiger partial charge in [-0.05, 0) is 13.8 Å². The molecule has 1 N–H and O–H groups in total. The Bertz CT molecular complexity index is 322. The van der Waals surface area contributed by atoms with E-state index >= 15 is 0 Å². The molecule has 0 aliphatic carbocycles. The predicted molar refractivity (Wildman–Crippen MR) is 49.8 cm³/mol. The number of hydrogen-bond donors (Lipinski definition) is 1. The molecule has 4 nitrogen and oxygen atoms in total. The van der Waals surface area contributed by atoms with E-state index in [4.69, 9.17) is 0 Å². The molecule has 0 fully saturated rings. The van der Waals surface area contributed by atoms with Crippen LogP contribution in [0, 0.1) is 6.92 Å². The number of aromatic nitrogens is 2. The van der Waals surface area contributed by atoms with Crippen molar-refractivity contribution in [2.75, 3.05) is 19.0 Å². The third-order valence-electron chi connectivity index (χ3n) is 1.96. The molecular weight excluding hydrogens is 154 g/mol. The molecule has 68 valence electrons. The van der Waals surface area contributed by atoms with E-state index in [9.17, 15) is 4.79 Å². The van der Waals surface area contributed by atoms with Gasteiger partial charge in [-0.2, -0.15) is 0 Å². The minimum absolute atomic E-state index is 0.0145. The summed E-state index contributed by atoms with van der Waals surface area (Å²) in [6, 6.07) is 0. The van der Waals surface area contributed by atoms with Gasteiger partial charge in [-0.3, -0.25) is 14.6 Å². The molecule has 0 aromatic carbocycles. The van der Waals surface area contributed by atoms with Gasteiger partial charge in [-0.15, -0.1) is 0 Å². The minimum atomic E-state index is -0.0145. The molecule has 0 radical (unpaired) electrons. The van der Waals surface area contributed by atoms with Gasteiger partial charge in [0.05, 0.1) is 5.69 Å². The second kappa shape index (κ2) is 3.05. The average Bonchev–Trinajstić information content (AvgIpc) is 2.25. The largest absolute Gasteiger partial charge is 0.372 e. The van der Waals surface area contributed by atoms with Crippen LogP contribution in [0.2, 0.25) is 0 Å². The number of aryl methyl sites for hydroxylation is 1. The Labute approximate surface area is 71.8 Å². The number of hydrogen-bond acceptors (Lipinski definition) is 2. The molecule has 1 aromatic rings. The first-order chi connectivity index (χ1) is 5.57. The average molecular weight is 169 g/mol. The number of nitrogens with zero attached hydrogens (tertiary/aromatic N) is 2. The van der Waals surface area contributed by atoms with Crippen LogP contribution in [0.1, 0.15) is 12.6 Å². The van der Waals surface area contributed by atoms with E-state index in [0.717, 1.165) is 17.9 Å². The third-order valence-corrected chi connectivity index (χ3v) is 1.96. The topological polar surface area (TPSA) is 41.0 Å². The van der Waals surface area contributed by atoms with E-state index in [1.165, 1.54) is 0 Å². The van der Waals surface area contributed by atoms with Crippen molar-refractivity contribution in [3.05, 3.63) is 16.0 Å². The van der Waals surface area contributed by atoms with Crippen molar-refractivity contribution in [1.29, 1.82) is 0 Å². The highest BCUT2D eigenvalue weighted by Crippen LogP contribution is 2.10. The zero-order chi connectivity index (χ0) is 9.30. The quantitative estimate of drug-likeness (QED) is 0.703. The van der Waals surface area contributed by atoms with Crippen LogP contribution in [0.4, 0.5) is 5.69 Å². The summed E-state index contributed by atoms with van der Waals surface area (Å²) in [4.78, 5) is 13.2. The lowest BCUT2D eigenvalue weighted by molar-refractivity contribution is 0.634. The molecule has 0 saturated heterocycles. The van der Waals surface area contributed by atoms with Gasteiger partial charge in [0.15, 0.2) is 0 Å². The molecule has 1 rings (SSSR count). The van der Waals surface area contributed by atoms with Crippen LogP contribution in [0.3, 0.4) is 0 Å². The van der Waals surface area contributed by atoms with E-state index in [2.05, 4.69) is 5.10 Å². The lowest BCUT2D eigenvalue weighted by Crippen LogP contribution is -2.17. The van der Waals surface area contributed by atoms with Crippen molar-refractivity contribution >= 4 is 5.69 Å². The van der Waals surface area contributed by atoms with Crippen molar-refractivity contribution < 1.29 is 0 Å². The maximum absolute atomic E-state index is 11.3. The molecule has 0 saturated carbocycles. The Balaban J connectivity index is 3.28. The fourth-order valence-electron chi connectivity index (χ4n) is 1.39. The second-order valence-corrected chi connectivity index (χ2v) is 3.01. The summed E-state index contributed by atoms with van der Waals surface area (Å²) < 4.78 is 1.84. The van der Waals surface area contributed by atoms with Gasteiger partial charge >= 0.3 is 0 Å². The first kappa shape index (κ1) is 8.90. The number of aromatic amines is 1. The van der Waals surface area contributed by atoms with Gasteiger partial charge in [0.25, 0.3) is 5.56 Å². The van der Waals surface area contributed by atoms with Gasteiger partial charge in [-0.25, -0.2) is 0 Å². The van der Waals surface area contributed by atoms with Gasteiger partial charge in [0.1, 0.15) is 5.69 Å². The summed E-state index contributed by atoms with van der Waals surface area (Å²) in [5.41, 5.74) is 1.73. The molecule has 4 heteroatoms. The van der Waals surface area contributed by atoms with Crippen LogP contribution < -0.4 is 10.5 Å². The van der Waals surface area contributed by atoms with E-state index in [1.807, 2.05) is 37.5 Å². The zero-order valence-electron chi connectivity index (χ0n) is 8.01. The summed E-state index contributed by atoms with van der Waals surface area (Å²) in [6.45, 7) is 4.74. The molecular formula is C8H15N3O. The molecule has 1 aromatic heterocycles. The lowest BCUT2D eigenvalue weighted by atomic mass is 10.4. The highest BCUT2D eigenvalue weighted by Gasteiger charge is 2.10. The summed E-state index contributed by atoms with van der Waals surface area (Å²) in [5, 5.41) is 2.76. The standard InChI is InChI=1S/C8H15N3O/c1-5-11-6(2)7(10(3)4)8(12)9-11/h5H2,1-4H3,(H,9,12). The zero-order valence-corrected chi connectivity index (χ0v) is 8.01.